The van der Waals surface area contributed by atoms with Crippen LogP contribution in [0.3, 0.4) is 0 Å². The molecule has 2 heterocycles. The number of nitrogen functional groups attached to an aromatic ring is 1. The third-order valence-corrected chi connectivity index (χ3v) is 3.50. The first-order valence-electron chi connectivity index (χ1n) is 6.78. The Morgan fingerprint density at radius 3 is 2.90 bits per heavy atom. The Bertz CT molecular complexity index is 645. The van der Waals surface area contributed by atoms with E-state index in [1.165, 1.54) is 6.33 Å². The molecule has 0 saturated carbocycles. The molecule has 0 unspecified atom stereocenters. The molecule has 0 radical (unpaired) electrons. The van der Waals surface area contributed by atoms with E-state index in [2.05, 4.69) is 9.97 Å². The van der Waals surface area contributed by atoms with Crippen molar-refractivity contribution >= 4 is 11.7 Å². The number of hydrogen-bond acceptors (Lipinski definition) is 5. The molecule has 2 aromatic rings. The molecule has 6 heteroatoms. The third kappa shape index (κ3) is 2.94. The van der Waals surface area contributed by atoms with E-state index in [-0.39, 0.29) is 12.5 Å². The lowest BCUT2D eigenvalue weighted by atomic mass is 10.1. The molecule has 0 spiro atoms. The average Bonchev–Trinajstić information content (AvgIpc) is 2.53. The minimum atomic E-state index is -0.0540. The zero-order chi connectivity index (χ0) is 14.7. The predicted molar refractivity (Wildman–Crippen MR) is 77.5 cm³/mol. The van der Waals surface area contributed by atoms with Gasteiger partial charge in [0.05, 0.1) is 12.2 Å². The lowest BCUT2D eigenvalue weighted by Crippen LogP contribution is -2.39. The maximum absolute atomic E-state index is 12.2. The summed E-state index contributed by atoms with van der Waals surface area (Å²) in [6.45, 7) is 1.10. The summed E-state index contributed by atoms with van der Waals surface area (Å²) < 4.78 is 5.48. The van der Waals surface area contributed by atoms with Gasteiger partial charge in [-0.15, -0.1) is 0 Å². The summed E-state index contributed by atoms with van der Waals surface area (Å²) in [5, 5.41) is 0. The molecular weight excluding hydrogens is 268 g/mol. The van der Waals surface area contributed by atoms with Gasteiger partial charge in [-0.05, 0) is 18.6 Å². The van der Waals surface area contributed by atoms with Crippen LogP contribution >= 0.6 is 0 Å². The molecule has 0 fully saturated rings. The Morgan fingerprint density at radius 1 is 1.29 bits per heavy atom. The topological polar surface area (TPSA) is 81.3 Å². The quantitative estimate of drug-likeness (QED) is 0.910. The number of fused-ring (bicyclic) bond motifs is 1. The highest BCUT2D eigenvalue weighted by atomic mass is 16.5. The fraction of sp³-hybridized carbons (Fsp3) is 0.267. The van der Waals surface area contributed by atoms with Crippen LogP contribution in [0.25, 0.3) is 0 Å². The van der Waals surface area contributed by atoms with Crippen LogP contribution in [-0.2, 0) is 17.8 Å². The summed E-state index contributed by atoms with van der Waals surface area (Å²) in [5.41, 5.74) is 7.59. The van der Waals surface area contributed by atoms with Crippen LogP contribution in [0.1, 0.15) is 11.3 Å². The molecule has 0 atom stereocenters. The normalized spacial score (nSPS) is 13.6. The average molecular weight is 284 g/mol. The number of anilines is 1. The lowest BCUT2D eigenvalue weighted by molar-refractivity contribution is -0.134. The van der Waals surface area contributed by atoms with Gasteiger partial charge in [0.1, 0.15) is 17.9 Å². The Morgan fingerprint density at radius 2 is 2.10 bits per heavy atom. The Balaban J connectivity index is 1.62. The van der Waals surface area contributed by atoms with Crippen molar-refractivity contribution in [3.8, 4) is 5.75 Å². The second-order valence-corrected chi connectivity index (χ2v) is 4.85. The number of benzene rings is 1. The molecule has 0 saturated heterocycles. The maximum Gasteiger partial charge on any atom is 0.260 e. The highest BCUT2D eigenvalue weighted by molar-refractivity contribution is 5.78. The Labute approximate surface area is 122 Å². The van der Waals surface area contributed by atoms with E-state index < -0.39 is 0 Å². The van der Waals surface area contributed by atoms with Crippen LogP contribution in [-0.4, -0.2) is 33.9 Å². The number of carbonyl (C=O) groups is 1. The van der Waals surface area contributed by atoms with E-state index in [0.717, 1.165) is 11.3 Å². The van der Waals surface area contributed by atoms with E-state index in [9.17, 15) is 4.79 Å². The molecule has 1 amide bonds. The van der Waals surface area contributed by atoms with Crippen LogP contribution in [0.2, 0.25) is 0 Å². The van der Waals surface area contributed by atoms with Crippen molar-refractivity contribution in [2.45, 2.75) is 13.0 Å². The molecular formula is C15H16N4O2. The van der Waals surface area contributed by atoms with Crippen LogP contribution in [0, 0.1) is 0 Å². The predicted octanol–water partition coefficient (Wildman–Crippen LogP) is 1.02. The fourth-order valence-corrected chi connectivity index (χ4v) is 2.35. The van der Waals surface area contributed by atoms with Crippen molar-refractivity contribution in [1.82, 2.24) is 14.9 Å². The fourth-order valence-electron chi connectivity index (χ4n) is 2.35. The summed E-state index contributed by atoms with van der Waals surface area (Å²) in [7, 11) is 0. The number of rotatable bonds is 3. The van der Waals surface area contributed by atoms with Gasteiger partial charge in [-0.2, -0.15) is 0 Å². The largest absolute Gasteiger partial charge is 0.484 e. The first kappa shape index (κ1) is 13.4. The summed E-state index contributed by atoms with van der Waals surface area (Å²) in [6.07, 6.45) is 2.11. The van der Waals surface area contributed by atoms with Crippen LogP contribution in [0.5, 0.6) is 5.75 Å². The highest BCUT2D eigenvalue weighted by Gasteiger charge is 2.23. The van der Waals surface area contributed by atoms with E-state index in [1.54, 1.807) is 4.90 Å². The molecule has 6 nitrogen and oxygen atoms in total. The first-order valence-corrected chi connectivity index (χ1v) is 6.78. The van der Waals surface area contributed by atoms with Crippen LogP contribution in [0.4, 0.5) is 5.82 Å². The van der Waals surface area contributed by atoms with Crippen molar-refractivity contribution in [1.29, 1.82) is 0 Å². The maximum atomic E-state index is 12.2. The van der Waals surface area contributed by atoms with Gasteiger partial charge in [0.2, 0.25) is 0 Å². The molecule has 3 rings (SSSR count). The number of carbonyl (C=O) groups excluding carboxylic acids is 1. The summed E-state index contributed by atoms with van der Waals surface area (Å²) in [6, 6.07) is 9.30. The van der Waals surface area contributed by atoms with Gasteiger partial charge < -0.3 is 15.4 Å². The van der Waals surface area contributed by atoms with Crippen molar-refractivity contribution in [3.05, 3.63) is 47.9 Å². The standard InChI is InChI=1S/C15H16N4O2/c16-15-12-6-7-19(8-13(12)17-10-18-15)14(20)9-21-11-4-2-1-3-5-11/h1-5,10H,6-9H2,(H2,16,17,18). The van der Waals surface area contributed by atoms with E-state index in [4.69, 9.17) is 10.5 Å². The lowest BCUT2D eigenvalue weighted by Gasteiger charge is -2.28. The zero-order valence-corrected chi connectivity index (χ0v) is 11.5. The second kappa shape index (κ2) is 5.78. The molecule has 1 aromatic carbocycles. The highest BCUT2D eigenvalue weighted by Crippen LogP contribution is 2.20. The van der Waals surface area contributed by atoms with Crippen molar-refractivity contribution in [2.75, 3.05) is 18.9 Å². The van der Waals surface area contributed by atoms with Crippen molar-refractivity contribution in [3.63, 3.8) is 0 Å². The summed E-state index contributed by atoms with van der Waals surface area (Å²) >= 11 is 0. The second-order valence-electron chi connectivity index (χ2n) is 4.85. The number of ether oxygens (including phenoxy) is 1. The van der Waals surface area contributed by atoms with Gasteiger partial charge in [0.25, 0.3) is 5.91 Å². The molecule has 1 aliphatic heterocycles. The zero-order valence-electron chi connectivity index (χ0n) is 11.5. The molecule has 1 aliphatic rings. The van der Waals surface area contributed by atoms with Crippen molar-refractivity contribution < 1.29 is 9.53 Å². The minimum Gasteiger partial charge on any atom is -0.484 e. The Hall–Kier alpha value is -2.63. The molecule has 0 bridgehead atoms. The summed E-state index contributed by atoms with van der Waals surface area (Å²) in [5.74, 6) is 1.14. The Kier molecular flexibility index (Phi) is 3.68. The monoisotopic (exact) mass is 284 g/mol. The van der Waals surface area contributed by atoms with E-state index >= 15 is 0 Å². The van der Waals surface area contributed by atoms with Gasteiger partial charge in [0.15, 0.2) is 6.61 Å². The molecule has 2 N–H and O–H groups in total. The number of nitrogens with zero attached hydrogens (tertiary/aromatic N) is 3. The third-order valence-electron chi connectivity index (χ3n) is 3.50. The number of hydrogen-bond donors (Lipinski definition) is 1. The van der Waals surface area contributed by atoms with E-state index in [0.29, 0.717) is 31.1 Å². The minimum absolute atomic E-state index is 0.0277. The number of aromatic nitrogens is 2. The van der Waals surface area contributed by atoms with Gasteiger partial charge in [-0.25, -0.2) is 9.97 Å². The molecule has 0 aliphatic carbocycles. The molecule has 108 valence electrons. The van der Waals surface area contributed by atoms with Gasteiger partial charge in [0, 0.05) is 12.1 Å². The van der Waals surface area contributed by atoms with E-state index in [1.807, 2.05) is 30.3 Å². The molecule has 21 heavy (non-hydrogen) atoms. The first-order chi connectivity index (χ1) is 10.2. The number of para-hydroxylation sites is 1. The van der Waals surface area contributed by atoms with Crippen LogP contribution < -0.4 is 10.5 Å². The van der Waals surface area contributed by atoms with Crippen LogP contribution in [0.15, 0.2) is 36.7 Å². The smallest absolute Gasteiger partial charge is 0.260 e. The van der Waals surface area contributed by atoms with Gasteiger partial charge >= 0.3 is 0 Å². The van der Waals surface area contributed by atoms with Gasteiger partial charge in [-0.3, -0.25) is 4.79 Å². The number of amides is 1. The van der Waals surface area contributed by atoms with Crippen molar-refractivity contribution in [2.24, 2.45) is 0 Å². The molecule has 1 aromatic heterocycles. The van der Waals surface area contributed by atoms with Gasteiger partial charge in [-0.1, -0.05) is 18.2 Å². The summed E-state index contributed by atoms with van der Waals surface area (Å²) in [4.78, 5) is 22.1. The SMILES string of the molecule is Nc1ncnc2c1CCN(C(=O)COc1ccccc1)C2. The number of nitrogens with two attached hydrogens (primary N) is 1.